The Hall–Kier alpha value is -2.13. The fraction of sp³-hybridized carbons (Fsp3) is 0.559. The monoisotopic (exact) mass is 520 g/mol. The highest BCUT2D eigenvalue weighted by molar-refractivity contribution is 6.98. The minimum Gasteiger partial charge on any atom is -0.507 e. The zero-order valence-corrected chi connectivity index (χ0v) is 24.8. The maximum atomic E-state index is 12.8. The van der Waals surface area contributed by atoms with Gasteiger partial charge in [0.05, 0.1) is 0 Å². The third-order valence-electron chi connectivity index (χ3n) is 7.48. The number of hydrogen-bond donors (Lipinski definition) is 0. The Morgan fingerprint density at radius 3 is 1.32 bits per heavy atom. The van der Waals surface area contributed by atoms with Crippen LogP contribution >= 0.6 is 0 Å². The Balaban J connectivity index is 1.75. The minimum absolute atomic E-state index is 0.268. The fourth-order valence-corrected chi connectivity index (χ4v) is 9.16. The van der Waals surface area contributed by atoms with Gasteiger partial charge in [0.1, 0.15) is 0 Å². The van der Waals surface area contributed by atoms with Crippen molar-refractivity contribution < 1.29 is 9.22 Å². The molecule has 2 aromatic rings. The van der Waals surface area contributed by atoms with Gasteiger partial charge in [-0.15, -0.1) is 0 Å². The molecule has 0 saturated carbocycles. The first-order chi connectivity index (χ1) is 18.1. The van der Waals surface area contributed by atoms with E-state index in [-0.39, 0.29) is 5.97 Å². The summed E-state index contributed by atoms with van der Waals surface area (Å²) < 4.78 is 6.40. The van der Waals surface area contributed by atoms with E-state index in [0.29, 0.717) is 5.57 Å². The number of rotatable bonds is 21. The Kier molecular flexibility index (Phi) is 16.0. The van der Waals surface area contributed by atoms with Crippen molar-refractivity contribution in [1.82, 2.24) is 0 Å². The molecule has 0 fully saturated rings. The molecule has 0 N–H and O–H groups in total. The molecule has 37 heavy (non-hydrogen) atoms. The molecule has 0 aliphatic rings. The summed E-state index contributed by atoms with van der Waals surface area (Å²) in [6.45, 7) is 7.88. The number of carbonyl (C=O) groups is 1. The van der Waals surface area contributed by atoms with Crippen LogP contribution in [0.15, 0.2) is 72.8 Å². The quantitative estimate of drug-likeness (QED) is 0.0931. The van der Waals surface area contributed by atoms with Crippen LogP contribution in [0.25, 0.3) is 0 Å². The maximum absolute atomic E-state index is 12.8. The molecule has 2 aromatic carbocycles. The van der Waals surface area contributed by atoms with Crippen molar-refractivity contribution in [1.29, 1.82) is 0 Å². The van der Waals surface area contributed by atoms with Crippen LogP contribution in [-0.2, 0) is 9.22 Å². The summed E-state index contributed by atoms with van der Waals surface area (Å²) in [5.41, 5.74) is 0.468. The van der Waals surface area contributed by atoms with Gasteiger partial charge in [-0.05, 0) is 23.3 Å². The summed E-state index contributed by atoms with van der Waals surface area (Å²) in [6, 6.07) is 21.8. The van der Waals surface area contributed by atoms with E-state index in [9.17, 15) is 4.79 Å². The first-order valence-electron chi connectivity index (χ1n) is 15.1. The van der Waals surface area contributed by atoms with Crippen molar-refractivity contribution in [2.45, 2.75) is 123 Å². The van der Waals surface area contributed by atoms with E-state index in [2.05, 4.69) is 62.0 Å². The molecule has 0 aliphatic carbocycles. The molecule has 0 bridgehead atoms. The van der Waals surface area contributed by atoms with E-state index in [4.69, 9.17) is 4.43 Å². The van der Waals surface area contributed by atoms with Crippen LogP contribution in [-0.4, -0.2) is 14.3 Å². The number of hydrogen-bond acceptors (Lipinski definition) is 2. The Bertz CT molecular complexity index is 822. The molecule has 0 heterocycles. The third kappa shape index (κ3) is 11.9. The zero-order chi connectivity index (χ0) is 26.6. The average molecular weight is 521 g/mol. The van der Waals surface area contributed by atoms with Gasteiger partial charge in [0.25, 0.3) is 0 Å². The molecule has 0 aliphatic heterocycles. The maximum Gasteiger partial charge on any atom is 0.320 e. The molecule has 3 heteroatoms. The van der Waals surface area contributed by atoms with Crippen molar-refractivity contribution in [3.05, 3.63) is 72.8 Å². The minimum atomic E-state index is -2.69. The van der Waals surface area contributed by atoms with E-state index >= 15 is 0 Å². The third-order valence-corrected chi connectivity index (χ3v) is 11.6. The Labute approximate surface area is 229 Å². The molecule has 0 spiro atoms. The van der Waals surface area contributed by atoms with Gasteiger partial charge in [-0.1, -0.05) is 177 Å². The molecule has 2 rings (SSSR count). The smallest absolute Gasteiger partial charge is 0.320 e. The van der Waals surface area contributed by atoms with Gasteiger partial charge in [-0.3, -0.25) is 0 Å². The van der Waals surface area contributed by atoms with Gasteiger partial charge in [0.2, 0.25) is 0 Å². The predicted molar refractivity (Wildman–Crippen MR) is 163 cm³/mol. The predicted octanol–water partition coefficient (Wildman–Crippen LogP) is 9.13. The Morgan fingerprint density at radius 2 is 0.973 bits per heavy atom. The van der Waals surface area contributed by atoms with E-state index in [1.165, 1.54) is 96.3 Å². The van der Waals surface area contributed by atoms with Crippen molar-refractivity contribution in [3.63, 3.8) is 0 Å². The molecule has 0 atom stereocenters. The molecule has 0 amide bonds. The molecule has 0 radical (unpaired) electrons. The summed E-state index contributed by atoms with van der Waals surface area (Å²) in [7, 11) is -2.69. The van der Waals surface area contributed by atoms with Crippen molar-refractivity contribution in [3.8, 4) is 0 Å². The van der Waals surface area contributed by atoms with E-state index in [0.717, 1.165) is 22.8 Å². The van der Waals surface area contributed by atoms with E-state index in [1.54, 1.807) is 6.92 Å². The van der Waals surface area contributed by atoms with Gasteiger partial charge in [0, 0.05) is 5.57 Å². The lowest BCUT2D eigenvalue weighted by molar-refractivity contribution is -0.130. The van der Waals surface area contributed by atoms with Crippen molar-refractivity contribution in [2.24, 2.45) is 0 Å². The van der Waals surface area contributed by atoms with Gasteiger partial charge in [-0.2, -0.15) is 0 Å². The number of carbonyl (C=O) groups excluding carboxylic acids is 1. The summed E-state index contributed by atoms with van der Waals surface area (Å²) in [4.78, 5) is 12.8. The van der Waals surface area contributed by atoms with Crippen LogP contribution in [0.5, 0.6) is 0 Å². The topological polar surface area (TPSA) is 26.3 Å². The normalized spacial score (nSPS) is 11.4. The standard InChI is InChI=1S/C34H52O2Si/c1-4-5-6-7-8-9-10-11-12-13-14-15-16-17-18-25-30-37(36-34(35)31(2)3,32-26-21-19-22-27-32)33-28-23-20-24-29-33/h19-24,26-29H,2,4-18,25,30H2,1,3H3. The fourth-order valence-electron chi connectivity index (χ4n) is 5.21. The van der Waals surface area contributed by atoms with Gasteiger partial charge in [0.15, 0.2) is 0 Å². The summed E-state index contributed by atoms with van der Waals surface area (Å²) in [5.74, 6) is -0.268. The largest absolute Gasteiger partial charge is 0.507 e. The van der Waals surface area contributed by atoms with Crippen LogP contribution in [0.2, 0.25) is 6.04 Å². The highest BCUT2D eigenvalue weighted by atomic mass is 28.4. The van der Waals surface area contributed by atoms with Gasteiger partial charge in [-0.25, -0.2) is 4.79 Å². The molecule has 0 saturated heterocycles. The van der Waals surface area contributed by atoms with Crippen molar-refractivity contribution >= 4 is 24.7 Å². The summed E-state index contributed by atoms with van der Waals surface area (Å²) in [5, 5.41) is 2.33. The molecule has 0 unspecified atom stereocenters. The molecule has 2 nitrogen and oxygen atoms in total. The zero-order valence-electron chi connectivity index (χ0n) is 23.8. The van der Waals surface area contributed by atoms with Crippen LogP contribution in [0.3, 0.4) is 0 Å². The van der Waals surface area contributed by atoms with Crippen molar-refractivity contribution in [2.75, 3.05) is 0 Å². The first kappa shape index (κ1) is 31.1. The molecule has 0 aromatic heterocycles. The van der Waals surface area contributed by atoms with Crippen LogP contribution in [0.4, 0.5) is 0 Å². The summed E-state index contributed by atoms with van der Waals surface area (Å²) >= 11 is 0. The number of unbranched alkanes of at least 4 members (excludes halogenated alkanes) is 15. The molecule has 204 valence electrons. The second kappa shape index (κ2) is 19.0. The van der Waals surface area contributed by atoms with Crippen LogP contribution in [0, 0.1) is 0 Å². The lowest BCUT2D eigenvalue weighted by Gasteiger charge is -2.32. The SMILES string of the molecule is C=C(C)C(=O)O[Si](CCCCCCCCCCCCCCCCCC)(c1ccccc1)c1ccccc1. The highest BCUT2D eigenvalue weighted by Crippen LogP contribution is 2.21. The van der Waals surface area contributed by atoms with E-state index in [1.807, 2.05) is 12.1 Å². The second-order valence-electron chi connectivity index (χ2n) is 10.8. The second-order valence-corrected chi connectivity index (χ2v) is 14.3. The van der Waals surface area contributed by atoms with Crippen LogP contribution < -0.4 is 10.4 Å². The average Bonchev–Trinajstić information content (AvgIpc) is 2.93. The van der Waals surface area contributed by atoms with Gasteiger partial charge < -0.3 is 4.43 Å². The highest BCUT2D eigenvalue weighted by Gasteiger charge is 2.42. The lowest BCUT2D eigenvalue weighted by Crippen LogP contribution is -2.61. The number of benzene rings is 2. The summed E-state index contributed by atoms with van der Waals surface area (Å²) in [6.07, 6.45) is 21.7. The van der Waals surface area contributed by atoms with Crippen LogP contribution in [0.1, 0.15) is 117 Å². The Morgan fingerprint density at radius 1 is 0.622 bits per heavy atom. The van der Waals surface area contributed by atoms with Gasteiger partial charge >= 0.3 is 14.3 Å². The lowest BCUT2D eigenvalue weighted by atomic mass is 10.0. The molecular weight excluding hydrogens is 468 g/mol. The first-order valence-corrected chi connectivity index (χ1v) is 17.2. The molecular formula is C34H52O2Si. The van der Waals surface area contributed by atoms with E-state index < -0.39 is 8.32 Å².